The van der Waals surface area contributed by atoms with Crippen LogP contribution in [-0.2, 0) is 0 Å². The summed E-state index contributed by atoms with van der Waals surface area (Å²) in [4.78, 5) is 2.36. The quantitative estimate of drug-likeness (QED) is 0.869. The predicted octanol–water partition coefficient (Wildman–Crippen LogP) is 2.30. The van der Waals surface area contributed by atoms with Crippen molar-refractivity contribution in [3.05, 3.63) is 30.3 Å². The normalized spacial score (nSPS) is 22.7. The number of nitrogens with zero attached hydrogens (tertiary/aromatic N) is 1. The smallest absolute Gasteiger partial charge is 0.119 e. The third-order valence-electron chi connectivity index (χ3n) is 3.57. The fourth-order valence-electron chi connectivity index (χ4n) is 2.46. The van der Waals surface area contributed by atoms with E-state index < -0.39 is 6.10 Å². The maximum absolute atomic E-state index is 10.0. The van der Waals surface area contributed by atoms with Gasteiger partial charge < -0.3 is 9.84 Å². The van der Waals surface area contributed by atoms with Gasteiger partial charge in [0.05, 0.1) is 0 Å². The van der Waals surface area contributed by atoms with Crippen LogP contribution < -0.4 is 4.74 Å². The molecule has 1 heterocycles. The van der Waals surface area contributed by atoms with E-state index >= 15 is 0 Å². The van der Waals surface area contributed by atoms with E-state index in [4.69, 9.17) is 4.74 Å². The number of benzene rings is 1. The molecule has 1 N–H and O–H groups in total. The molecule has 1 aromatic carbocycles. The van der Waals surface area contributed by atoms with Gasteiger partial charge in [-0.2, -0.15) is 0 Å². The molecule has 0 aromatic heterocycles. The molecule has 0 amide bonds. The van der Waals surface area contributed by atoms with Crippen LogP contribution in [-0.4, -0.2) is 41.8 Å². The van der Waals surface area contributed by atoms with Crippen molar-refractivity contribution in [2.45, 2.75) is 38.3 Å². The predicted molar refractivity (Wildman–Crippen MR) is 72.8 cm³/mol. The number of para-hydroxylation sites is 1. The molecule has 0 bridgehead atoms. The first-order chi connectivity index (χ1) is 8.75. The summed E-state index contributed by atoms with van der Waals surface area (Å²) in [6.07, 6.45) is 3.39. The lowest BCUT2D eigenvalue weighted by molar-refractivity contribution is 0.0438. The minimum absolute atomic E-state index is 0.368. The van der Waals surface area contributed by atoms with Crippen molar-refractivity contribution < 1.29 is 9.84 Å². The number of hydrogen-bond donors (Lipinski definition) is 1. The second-order valence-corrected chi connectivity index (χ2v) is 5.12. The van der Waals surface area contributed by atoms with Crippen molar-refractivity contribution >= 4 is 0 Å². The van der Waals surface area contributed by atoms with Crippen LogP contribution >= 0.6 is 0 Å². The molecule has 1 saturated heterocycles. The third kappa shape index (κ3) is 4.00. The second kappa shape index (κ2) is 6.76. The summed E-state index contributed by atoms with van der Waals surface area (Å²) in [6, 6.07) is 10.2. The fraction of sp³-hybridized carbons (Fsp3) is 0.600. The Hall–Kier alpha value is -1.06. The summed E-state index contributed by atoms with van der Waals surface area (Å²) in [7, 11) is 0. The van der Waals surface area contributed by atoms with Crippen LogP contribution in [0.4, 0.5) is 0 Å². The van der Waals surface area contributed by atoms with Gasteiger partial charge >= 0.3 is 0 Å². The van der Waals surface area contributed by atoms with Crippen LogP contribution in [0.3, 0.4) is 0 Å². The van der Waals surface area contributed by atoms with Crippen LogP contribution in [0, 0.1) is 0 Å². The van der Waals surface area contributed by atoms with E-state index in [0.717, 1.165) is 12.3 Å². The summed E-state index contributed by atoms with van der Waals surface area (Å²) in [5.41, 5.74) is 0. The van der Waals surface area contributed by atoms with Gasteiger partial charge in [-0.3, -0.25) is 4.90 Å². The summed E-state index contributed by atoms with van der Waals surface area (Å²) in [6.45, 7) is 4.43. The first-order valence-electron chi connectivity index (χ1n) is 6.85. The Morgan fingerprint density at radius 2 is 2.11 bits per heavy atom. The number of piperidine rings is 1. The molecule has 2 atom stereocenters. The minimum Gasteiger partial charge on any atom is -0.491 e. The highest BCUT2D eigenvalue weighted by atomic mass is 16.5. The van der Waals surface area contributed by atoms with E-state index in [1.54, 1.807) is 0 Å². The average Bonchev–Trinajstić information content (AvgIpc) is 2.40. The van der Waals surface area contributed by atoms with E-state index in [-0.39, 0.29) is 0 Å². The SMILES string of the molecule is C[C@@H]1CCCCN1C[C@H](O)COc1ccccc1. The van der Waals surface area contributed by atoms with Crippen LogP contribution in [0.2, 0.25) is 0 Å². The maximum atomic E-state index is 10.0. The van der Waals surface area contributed by atoms with Crippen molar-refractivity contribution in [1.82, 2.24) is 4.90 Å². The van der Waals surface area contributed by atoms with Crippen molar-refractivity contribution in [2.24, 2.45) is 0 Å². The zero-order valence-corrected chi connectivity index (χ0v) is 11.1. The molecule has 0 saturated carbocycles. The molecule has 0 aliphatic carbocycles. The van der Waals surface area contributed by atoms with Crippen LogP contribution in [0.15, 0.2) is 30.3 Å². The number of likely N-dealkylation sites (tertiary alicyclic amines) is 1. The fourth-order valence-corrected chi connectivity index (χ4v) is 2.46. The Balaban J connectivity index is 1.73. The van der Waals surface area contributed by atoms with Crippen molar-refractivity contribution in [3.63, 3.8) is 0 Å². The first kappa shape index (κ1) is 13.4. The van der Waals surface area contributed by atoms with Gasteiger partial charge in [-0.15, -0.1) is 0 Å². The molecule has 0 radical (unpaired) electrons. The Morgan fingerprint density at radius 1 is 1.33 bits per heavy atom. The molecule has 100 valence electrons. The number of aliphatic hydroxyl groups excluding tert-OH is 1. The molecule has 1 fully saturated rings. The molecule has 0 spiro atoms. The number of rotatable bonds is 5. The summed E-state index contributed by atoms with van der Waals surface area (Å²) >= 11 is 0. The van der Waals surface area contributed by atoms with Gasteiger partial charge in [-0.25, -0.2) is 0 Å². The number of hydrogen-bond acceptors (Lipinski definition) is 3. The van der Waals surface area contributed by atoms with Crippen LogP contribution in [0.1, 0.15) is 26.2 Å². The molecule has 1 aliphatic rings. The molecule has 0 unspecified atom stereocenters. The Kier molecular flexibility index (Phi) is 5.02. The van der Waals surface area contributed by atoms with E-state index in [0.29, 0.717) is 19.2 Å². The number of ether oxygens (including phenoxy) is 1. The standard InChI is InChI=1S/C15H23NO2/c1-13-7-5-6-10-16(13)11-14(17)12-18-15-8-3-2-4-9-15/h2-4,8-9,13-14,17H,5-7,10-12H2,1H3/t13-,14+/m1/s1. The molecular weight excluding hydrogens is 226 g/mol. The highest BCUT2D eigenvalue weighted by Crippen LogP contribution is 2.16. The Labute approximate surface area is 109 Å². The van der Waals surface area contributed by atoms with Crippen molar-refractivity contribution in [1.29, 1.82) is 0 Å². The molecule has 1 aliphatic heterocycles. The van der Waals surface area contributed by atoms with E-state index in [1.807, 2.05) is 30.3 Å². The lowest BCUT2D eigenvalue weighted by atomic mass is 10.0. The third-order valence-corrected chi connectivity index (χ3v) is 3.57. The monoisotopic (exact) mass is 249 g/mol. The van der Waals surface area contributed by atoms with Gasteiger partial charge in [0.25, 0.3) is 0 Å². The second-order valence-electron chi connectivity index (χ2n) is 5.12. The summed E-state index contributed by atoms with van der Waals surface area (Å²) in [5.74, 6) is 0.822. The maximum Gasteiger partial charge on any atom is 0.119 e. The van der Waals surface area contributed by atoms with E-state index in [1.165, 1.54) is 19.3 Å². The molecular formula is C15H23NO2. The molecule has 3 nitrogen and oxygen atoms in total. The van der Waals surface area contributed by atoms with Gasteiger partial charge in [0, 0.05) is 12.6 Å². The summed E-state index contributed by atoms with van der Waals surface area (Å²) < 4.78 is 5.57. The van der Waals surface area contributed by atoms with E-state index in [2.05, 4.69) is 11.8 Å². The van der Waals surface area contributed by atoms with Crippen molar-refractivity contribution in [3.8, 4) is 5.75 Å². The van der Waals surface area contributed by atoms with Gasteiger partial charge in [-0.05, 0) is 38.4 Å². The lowest BCUT2D eigenvalue weighted by Gasteiger charge is -2.34. The van der Waals surface area contributed by atoms with Gasteiger partial charge in [0.15, 0.2) is 0 Å². The Morgan fingerprint density at radius 3 is 2.83 bits per heavy atom. The lowest BCUT2D eigenvalue weighted by Crippen LogP contribution is -2.43. The molecule has 18 heavy (non-hydrogen) atoms. The zero-order chi connectivity index (χ0) is 12.8. The van der Waals surface area contributed by atoms with Crippen LogP contribution in [0.5, 0.6) is 5.75 Å². The number of aliphatic hydroxyl groups is 1. The first-order valence-corrected chi connectivity index (χ1v) is 6.85. The Bertz CT molecular complexity index is 342. The van der Waals surface area contributed by atoms with E-state index in [9.17, 15) is 5.11 Å². The molecule has 2 rings (SSSR count). The highest BCUT2D eigenvalue weighted by molar-refractivity contribution is 5.20. The van der Waals surface area contributed by atoms with Gasteiger partial charge in [0.2, 0.25) is 0 Å². The van der Waals surface area contributed by atoms with Gasteiger partial charge in [0.1, 0.15) is 18.5 Å². The van der Waals surface area contributed by atoms with Crippen LogP contribution in [0.25, 0.3) is 0 Å². The summed E-state index contributed by atoms with van der Waals surface area (Å²) in [5, 5.41) is 10.0. The van der Waals surface area contributed by atoms with Crippen molar-refractivity contribution in [2.75, 3.05) is 19.7 Å². The largest absolute Gasteiger partial charge is 0.491 e. The molecule has 1 aromatic rings. The minimum atomic E-state index is -0.411. The number of β-amino-alcohol motifs (C(OH)–C–C–N with tert-alkyl or cyclic N) is 1. The topological polar surface area (TPSA) is 32.7 Å². The average molecular weight is 249 g/mol. The highest BCUT2D eigenvalue weighted by Gasteiger charge is 2.20. The molecule has 3 heteroatoms. The zero-order valence-electron chi connectivity index (χ0n) is 11.1. The van der Waals surface area contributed by atoms with Gasteiger partial charge in [-0.1, -0.05) is 24.6 Å².